The van der Waals surface area contributed by atoms with E-state index in [9.17, 15) is 9.59 Å². The second-order valence-electron chi connectivity index (χ2n) is 4.52. The predicted octanol–water partition coefficient (Wildman–Crippen LogP) is 3.28. The van der Waals surface area contributed by atoms with E-state index in [1.807, 2.05) is 19.9 Å². The van der Waals surface area contributed by atoms with Crippen molar-refractivity contribution in [1.82, 2.24) is 0 Å². The van der Waals surface area contributed by atoms with E-state index < -0.39 is 5.97 Å². The van der Waals surface area contributed by atoms with Gasteiger partial charge in [-0.3, -0.25) is 4.79 Å². The summed E-state index contributed by atoms with van der Waals surface area (Å²) in [5.74, 6) is -0.827. The van der Waals surface area contributed by atoms with Crippen LogP contribution in [0.3, 0.4) is 0 Å². The molecule has 0 unspecified atom stereocenters. The highest BCUT2D eigenvalue weighted by molar-refractivity contribution is 7.12. The lowest BCUT2D eigenvalue weighted by atomic mass is 10.1. The molecular weight excluding hydrogens is 286 g/mol. The third-order valence-electron chi connectivity index (χ3n) is 2.90. The van der Waals surface area contributed by atoms with Crippen LogP contribution < -0.4 is 0 Å². The van der Waals surface area contributed by atoms with Crippen LogP contribution in [0.4, 0.5) is 0 Å². The summed E-state index contributed by atoms with van der Waals surface area (Å²) in [5, 5.41) is 8.79. The number of hydrogen-bond donors (Lipinski definition) is 0. The number of nitriles is 1. The molecule has 0 aliphatic rings. The van der Waals surface area contributed by atoms with E-state index in [0.29, 0.717) is 11.1 Å². The molecule has 0 radical (unpaired) electrons. The highest BCUT2D eigenvalue weighted by Gasteiger charge is 2.15. The maximum Gasteiger partial charge on any atom is 0.338 e. The van der Waals surface area contributed by atoms with Gasteiger partial charge in [0.05, 0.1) is 17.2 Å². The Balaban J connectivity index is 2.02. The minimum absolute atomic E-state index is 0.221. The normalized spacial score (nSPS) is 9.95. The number of benzene rings is 1. The van der Waals surface area contributed by atoms with Crippen molar-refractivity contribution in [1.29, 1.82) is 5.26 Å². The summed E-state index contributed by atoms with van der Waals surface area (Å²) in [6.45, 7) is 3.49. The molecule has 0 fully saturated rings. The zero-order valence-electron chi connectivity index (χ0n) is 11.7. The molecule has 2 rings (SSSR count). The van der Waals surface area contributed by atoms with E-state index in [1.54, 1.807) is 24.3 Å². The average Bonchev–Trinajstić information content (AvgIpc) is 2.83. The van der Waals surface area contributed by atoms with E-state index in [4.69, 9.17) is 10.00 Å². The Morgan fingerprint density at radius 3 is 2.67 bits per heavy atom. The topological polar surface area (TPSA) is 67.2 Å². The van der Waals surface area contributed by atoms with Gasteiger partial charge in [-0.25, -0.2) is 4.79 Å². The molecule has 0 bridgehead atoms. The lowest BCUT2D eigenvalue weighted by Gasteiger charge is -2.04. The molecule has 2 aromatic rings. The second-order valence-corrected chi connectivity index (χ2v) is 5.98. The number of ketones is 1. The summed E-state index contributed by atoms with van der Waals surface area (Å²) in [6, 6.07) is 9.93. The number of nitrogens with zero attached hydrogens (tertiary/aromatic N) is 1. The fourth-order valence-corrected chi connectivity index (χ4v) is 2.86. The molecule has 0 atom stereocenters. The Morgan fingerprint density at radius 1 is 1.29 bits per heavy atom. The number of thiophene rings is 1. The number of carbonyl (C=O) groups is 2. The van der Waals surface area contributed by atoms with Crippen molar-refractivity contribution in [3.05, 3.63) is 56.8 Å². The largest absolute Gasteiger partial charge is 0.454 e. The van der Waals surface area contributed by atoms with E-state index in [2.05, 4.69) is 0 Å². The van der Waals surface area contributed by atoms with Gasteiger partial charge in [-0.2, -0.15) is 5.26 Å². The molecule has 0 aliphatic carbocycles. The monoisotopic (exact) mass is 299 g/mol. The number of ether oxygens (including phenoxy) is 1. The van der Waals surface area contributed by atoms with Crippen molar-refractivity contribution in [3.63, 3.8) is 0 Å². The van der Waals surface area contributed by atoms with Crippen LogP contribution in [0, 0.1) is 25.2 Å². The molecule has 4 nitrogen and oxygen atoms in total. The molecule has 0 saturated heterocycles. The standard InChI is InChI=1S/C16H13NO3S/c1-10-6-14(11(2)21-10)15(18)9-20-16(19)13-5-3-4-12(7-13)8-17/h3-7H,9H2,1-2H3. The van der Waals surface area contributed by atoms with E-state index in [-0.39, 0.29) is 18.0 Å². The number of esters is 1. The first-order valence-electron chi connectivity index (χ1n) is 6.29. The third-order valence-corrected chi connectivity index (χ3v) is 3.87. The number of rotatable bonds is 4. The highest BCUT2D eigenvalue weighted by atomic mass is 32.1. The summed E-state index contributed by atoms with van der Waals surface area (Å²) in [5.41, 5.74) is 1.23. The fraction of sp³-hybridized carbons (Fsp3) is 0.188. The first kappa shape index (κ1) is 14.9. The summed E-state index contributed by atoms with van der Waals surface area (Å²) < 4.78 is 5.01. The van der Waals surface area contributed by atoms with Gasteiger partial charge in [-0.15, -0.1) is 11.3 Å². The van der Waals surface area contributed by atoms with Crippen LogP contribution in [0.25, 0.3) is 0 Å². The van der Waals surface area contributed by atoms with E-state index in [0.717, 1.165) is 9.75 Å². The molecule has 1 heterocycles. The lowest BCUT2D eigenvalue weighted by Crippen LogP contribution is -2.14. The zero-order valence-corrected chi connectivity index (χ0v) is 12.5. The average molecular weight is 299 g/mol. The van der Waals surface area contributed by atoms with Crippen molar-refractivity contribution in [2.45, 2.75) is 13.8 Å². The highest BCUT2D eigenvalue weighted by Crippen LogP contribution is 2.21. The van der Waals surface area contributed by atoms with Crippen molar-refractivity contribution in [3.8, 4) is 6.07 Å². The van der Waals surface area contributed by atoms with Gasteiger partial charge in [-0.05, 0) is 38.1 Å². The molecule has 1 aromatic carbocycles. The van der Waals surface area contributed by atoms with Gasteiger partial charge in [0.1, 0.15) is 0 Å². The summed E-state index contributed by atoms with van der Waals surface area (Å²) in [4.78, 5) is 25.8. The maximum absolute atomic E-state index is 12.0. The van der Waals surface area contributed by atoms with Crippen LogP contribution in [-0.4, -0.2) is 18.4 Å². The summed E-state index contributed by atoms with van der Waals surface area (Å²) in [6.07, 6.45) is 0. The summed E-state index contributed by atoms with van der Waals surface area (Å²) >= 11 is 1.54. The number of carbonyl (C=O) groups excluding carboxylic acids is 2. The maximum atomic E-state index is 12.0. The van der Waals surface area contributed by atoms with Crippen LogP contribution in [0.15, 0.2) is 30.3 Å². The van der Waals surface area contributed by atoms with Crippen molar-refractivity contribution >= 4 is 23.1 Å². The molecule has 21 heavy (non-hydrogen) atoms. The Morgan fingerprint density at radius 2 is 2.05 bits per heavy atom. The third kappa shape index (κ3) is 3.56. The smallest absolute Gasteiger partial charge is 0.338 e. The Labute approximate surface area is 126 Å². The van der Waals surface area contributed by atoms with Gasteiger partial charge >= 0.3 is 5.97 Å². The second kappa shape index (κ2) is 6.33. The van der Waals surface area contributed by atoms with E-state index >= 15 is 0 Å². The Bertz CT molecular complexity index is 740. The molecule has 0 amide bonds. The molecule has 1 aromatic heterocycles. The first-order valence-corrected chi connectivity index (χ1v) is 7.10. The minimum Gasteiger partial charge on any atom is -0.454 e. The van der Waals surface area contributed by atoms with Crippen molar-refractivity contribution < 1.29 is 14.3 Å². The van der Waals surface area contributed by atoms with Gasteiger partial charge in [0.25, 0.3) is 0 Å². The van der Waals surface area contributed by atoms with Crippen LogP contribution in [0.1, 0.15) is 36.0 Å². The first-order chi connectivity index (χ1) is 10.0. The van der Waals surface area contributed by atoms with Crippen LogP contribution >= 0.6 is 11.3 Å². The SMILES string of the molecule is Cc1cc(C(=O)COC(=O)c2cccc(C#N)c2)c(C)s1. The van der Waals surface area contributed by atoms with Gasteiger partial charge in [0.15, 0.2) is 6.61 Å². The molecule has 5 heteroatoms. The molecule has 0 aliphatic heterocycles. The zero-order chi connectivity index (χ0) is 15.4. The van der Waals surface area contributed by atoms with Crippen molar-refractivity contribution in [2.24, 2.45) is 0 Å². The number of aryl methyl sites for hydroxylation is 2. The predicted molar refractivity (Wildman–Crippen MR) is 79.6 cm³/mol. The quantitative estimate of drug-likeness (QED) is 0.642. The molecular formula is C16H13NO3S. The van der Waals surface area contributed by atoms with Gasteiger partial charge < -0.3 is 4.74 Å². The number of Topliss-reactive ketones (excluding diaryl/α,β-unsaturated/α-hetero) is 1. The van der Waals surface area contributed by atoms with Crippen LogP contribution in [0.5, 0.6) is 0 Å². The van der Waals surface area contributed by atoms with Gasteiger partial charge in [0, 0.05) is 15.3 Å². The molecule has 0 N–H and O–H groups in total. The lowest BCUT2D eigenvalue weighted by molar-refractivity contribution is 0.0474. The molecule has 0 saturated carbocycles. The van der Waals surface area contributed by atoms with Gasteiger partial charge in [0.2, 0.25) is 5.78 Å². The molecule has 0 spiro atoms. The Hall–Kier alpha value is -2.45. The van der Waals surface area contributed by atoms with Gasteiger partial charge in [-0.1, -0.05) is 6.07 Å². The van der Waals surface area contributed by atoms with Crippen LogP contribution in [0.2, 0.25) is 0 Å². The minimum atomic E-state index is -0.606. The van der Waals surface area contributed by atoms with Crippen LogP contribution in [-0.2, 0) is 4.74 Å². The molecule has 106 valence electrons. The van der Waals surface area contributed by atoms with Crippen molar-refractivity contribution in [2.75, 3.05) is 6.61 Å². The Kier molecular flexibility index (Phi) is 4.51. The van der Waals surface area contributed by atoms with E-state index in [1.165, 1.54) is 17.4 Å². The number of hydrogen-bond acceptors (Lipinski definition) is 5. The fourth-order valence-electron chi connectivity index (χ4n) is 1.92. The summed E-state index contributed by atoms with van der Waals surface area (Å²) in [7, 11) is 0.